The molecule has 0 aliphatic carbocycles. The van der Waals surface area contributed by atoms with Gasteiger partial charge in [0.1, 0.15) is 5.67 Å². The Morgan fingerprint density at radius 2 is 1.81 bits per heavy atom. The molecule has 1 atom stereocenters. The monoisotopic (exact) mass is 439 g/mol. The first kappa shape index (κ1) is 22.3. The number of halogens is 1. The molecule has 2 fully saturated rings. The van der Waals surface area contributed by atoms with Crippen molar-refractivity contribution in [2.45, 2.75) is 44.8 Å². The number of hydrogen-bond acceptors (Lipinski definition) is 3. The minimum absolute atomic E-state index is 0.00275. The molecule has 170 valence electrons. The lowest BCUT2D eigenvalue weighted by molar-refractivity contribution is 0.0421. The maximum Gasteiger partial charge on any atom is 0.319 e. The second-order valence-electron chi connectivity index (χ2n) is 8.81. The van der Waals surface area contributed by atoms with Gasteiger partial charge in [-0.3, -0.25) is 4.79 Å². The molecule has 0 aromatic heterocycles. The maximum absolute atomic E-state index is 15.5. The molecule has 2 N–H and O–H groups in total. The molecule has 0 unspecified atom stereocenters. The predicted molar refractivity (Wildman–Crippen MR) is 122 cm³/mol. The Balaban J connectivity index is 1.39. The van der Waals surface area contributed by atoms with Gasteiger partial charge < -0.3 is 20.3 Å². The number of benzene rings is 2. The van der Waals surface area contributed by atoms with Crippen molar-refractivity contribution >= 4 is 17.6 Å². The summed E-state index contributed by atoms with van der Waals surface area (Å²) in [5.74, 6) is -0.149. The van der Waals surface area contributed by atoms with Crippen molar-refractivity contribution in [3.8, 4) is 0 Å². The number of anilines is 1. The highest BCUT2D eigenvalue weighted by Gasteiger charge is 2.37. The van der Waals surface area contributed by atoms with Crippen molar-refractivity contribution < 1.29 is 18.7 Å². The van der Waals surface area contributed by atoms with Crippen LogP contribution in [0.1, 0.15) is 46.3 Å². The lowest BCUT2D eigenvalue weighted by atomic mass is 9.85. The van der Waals surface area contributed by atoms with E-state index in [1.165, 1.54) is 0 Å². The number of carbonyl (C=O) groups excluding carboxylic acids is 2. The Morgan fingerprint density at radius 3 is 2.47 bits per heavy atom. The number of ether oxygens (including phenoxy) is 1. The Bertz CT molecular complexity index is 978. The van der Waals surface area contributed by atoms with Crippen LogP contribution in [0, 0.1) is 13.8 Å². The number of rotatable bonds is 4. The van der Waals surface area contributed by atoms with E-state index < -0.39 is 5.67 Å². The summed E-state index contributed by atoms with van der Waals surface area (Å²) in [7, 11) is 0. The van der Waals surface area contributed by atoms with Crippen LogP contribution in [0.15, 0.2) is 42.5 Å². The first-order chi connectivity index (χ1) is 15.3. The first-order valence-electron chi connectivity index (χ1n) is 11.2. The van der Waals surface area contributed by atoms with Crippen LogP contribution in [-0.4, -0.2) is 49.2 Å². The fourth-order valence-electron chi connectivity index (χ4n) is 4.27. The van der Waals surface area contributed by atoms with Gasteiger partial charge in [0.15, 0.2) is 0 Å². The van der Waals surface area contributed by atoms with E-state index in [-0.39, 0.29) is 30.8 Å². The van der Waals surface area contributed by atoms with Gasteiger partial charge in [0.2, 0.25) is 0 Å². The molecule has 2 heterocycles. The smallest absolute Gasteiger partial charge is 0.319 e. The summed E-state index contributed by atoms with van der Waals surface area (Å²) in [6, 6.07) is 12.5. The predicted octanol–water partition coefficient (Wildman–Crippen LogP) is 4.31. The molecule has 0 radical (unpaired) electrons. The van der Waals surface area contributed by atoms with Crippen molar-refractivity contribution in [1.29, 1.82) is 0 Å². The quantitative estimate of drug-likeness (QED) is 0.746. The van der Waals surface area contributed by atoms with E-state index in [9.17, 15) is 9.59 Å². The number of nitrogens with one attached hydrogen (secondary N) is 2. The molecule has 0 spiro atoms. The minimum atomic E-state index is -1.41. The highest BCUT2D eigenvalue weighted by molar-refractivity contribution is 5.97. The molecule has 0 bridgehead atoms. The van der Waals surface area contributed by atoms with Crippen molar-refractivity contribution in [1.82, 2.24) is 10.2 Å². The molecule has 0 saturated carbocycles. The van der Waals surface area contributed by atoms with Crippen LogP contribution in [0.25, 0.3) is 0 Å². The zero-order chi connectivity index (χ0) is 22.7. The molecule has 6 nitrogen and oxygen atoms in total. The van der Waals surface area contributed by atoms with Gasteiger partial charge >= 0.3 is 6.03 Å². The lowest BCUT2D eigenvalue weighted by Crippen LogP contribution is -2.43. The number of likely N-dealkylation sites (tertiary alicyclic amines) is 1. The molecule has 2 aromatic carbocycles. The fraction of sp³-hybridized carbons (Fsp3) is 0.440. The van der Waals surface area contributed by atoms with Crippen LogP contribution in [0.4, 0.5) is 14.9 Å². The molecule has 2 aromatic rings. The zero-order valence-electron chi connectivity index (χ0n) is 18.6. The largest absolute Gasteiger partial charge is 0.379 e. The van der Waals surface area contributed by atoms with Gasteiger partial charge in [0.25, 0.3) is 5.91 Å². The second-order valence-corrected chi connectivity index (χ2v) is 8.81. The number of hydrogen-bond donors (Lipinski definition) is 2. The van der Waals surface area contributed by atoms with Crippen molar-refractivity contribution in [3.63, 3.8) is 0 Å². The van der Waals surface area contributed by atoms with E-state index in [1.54, 1.807) is 17.0 Å². The third-order valence-electron chi connectivity index (χ3n) is 6.41. The number of aryl methyl sites for hydroxylation is 2. The molecule has 2 aliphatic rings. The van der Waals surface area contributed by atoms with E-state index in [1.807, 2.05) is 44.2 Å². The fourth-order valence-corrected chi connectivity index (χ4v) is 4.27. The summed E-state index contributed by atoms with van der Waals surface area (Å²) in [6.45, 7) is 5.71. The van der Waals surface area contributed by atoms with Crippen LogP contribution < -0.4 is 10.6 Å². The van der Waals surface area contributed by atoms with Crippen LogP contribution >= 0.6 is 0 Å². The summed E-state index contributed by atoms with van der Waals surface area (Å²) in [5, 5.41) is 5.72. The van der Waals surface area contributed by atoms with Gasteiger partial charge in [0.05, 0.1) is 12.6 Å². The summed E-state index contributed by atoms with van der Waals surface area (Å²) in [5.41, 5.74) is 2.29. The molecule has 4 rings (SSSR count). The number of piperidine rings is 1. The van der Waals surface area contributed by atoms with Gasteiger partial charge in [-0.25, -0.2) is 9.18 Å². The number of nitrogens with zero attached hydrogens (tertiary/aromatic N) is 1. The molecule has 2 saturated heterocycles. The van der Waals surface area contributed by atoms with E-state index in [0.717, 1.165) is 17.5 Å². The molecule has 3 amide bonds. The van der Waals surface area contributed by atoms with Crippen LogP contribution in [0.2, 0.25) is 0 Å². The maximum atomic E-state index is 15.5. The number of urea groups is 1. The Kier molecular flexibility index (Phi) is 6.46. The van der Waals surface area contributed by atoms with E-state index in [2.05, 4.69) is 10.6 Å². The molecular weight excluding hydrogens is 409 g/mol. The number of amides is 3. The highest BCUT2D eigenvalue weighted by atomic mass is 19.1. The van der Waals surface area contributed by atoms with Gasteiger partial charge in [-0.15, -0.1) is 0 Å². The van der Waals surface area contributed by atoms with Gasteiger partial charge in [-0.1, -0.05) is 35.9 Å². The highest BCUT2D eigenvalue weighted by Crippen LogP contribution is 2.37. The number of carbonyl (C=O) groups is 2. The average Bonchev–Trinajstić information content (AvgIpc) is 3.28. The van der Waals surface area contributed by atoms with Crippen LogP contribution in [-0.2, 0) is 10.4 Å². The summed E-state index contributed by atoms with van der Waals surface area (Å²) >= 11 is 0. The normalized spacial score (nSPS) is 20.1. The van der Waals surface area contributed by atoms with Crippen LogP contribution in [0.3, 0.4) is 0 Å². The van der Waals surface area contributed by atoms with E-state index in [4.69, 9.17) is 4.74 Å². The minimum Gasteiger partial charge on any atom is -0.379 e. The number of alkyl halides is 1. The third-order valence-corrected chi connectivity index (χ3v) is 6.41. The van der Waals surface area contributed by atoms with Crippen molar-refractivity contribution in [2.24, 2.45) is 0 Å². The standard InChI is InChI=1S/C25H30FN3O3/c1-17-3-7-20(8-4-17)25(26)10-12-29(13-11-25)23(30)19-6-5-18(2)22(15-19)28-24(31)27-21-9-14-32-16-21/h3-8,15,21H,9-14,16H2,1-2H3,(H2,27,28,31)/t21-/m0/s1. The Morgan fingerprint density at radius 1 is 1.09 bits per heavy atom. The summed E-state index contributed by atoms with van der Waals surface area (Å²) < 4.78 is 20.8. The molecular formula is C25H30FN3O3. The summed E-state index contributed by atoms with van der Waals surface area (Å²) in [4.78, 5) is 27.1. The summed E-state index contributed by atoms with van der Waals surface area (Å²) in [6.07, 6.45) is 1.33. The first-order valence-corrected chi connectivity index (χ1v) is 11.2. The average molecular weight is 440 g/mol. The van der Waals surface area contributed by atoms with Crippen LogP contribution in [0.5, 0.6) is 0 Å². The van der Waals surface area contributed by atoms with Crippen molar-refractivity contribution in [2.75, 3.05) is 31.6 Å². The molecule has 7 heteroatoms. The van der Waals surface area contributed by atoms with Gasteiger partial charge in [-0.05, 0) is 43.5 Å². The lowest BCUT2D eigenvalue weighted by Gasteiger charge is -2.37. The Labute approximate surface area is 188 Å². The van der Waals surface area contributed by atoms with Crippen molar-refractivity contribution in [3.05, 3.63) is 64.7 Å². The van der Waals surface area contributed by atoms with E-state index >= 15 is 4.39 Å². The second kappa shape index (κ2) is 9.28. The van der Waals surface area contributed by atoms with Gasteiger partial charge in [0, 0.05) is 43.8 Å². The topological polar surface area (TPSA) is 70.7 Å². The van der Waals surface area contributed by atoms with E-state index in [0.29, 0.717) is 43.1 Å². The zero-order valence-corrected chi connectivity index (χ0v) is 18.6. The molecule has 32 heavy (non-hydrogen) atoms. The molecule has 2 aliphatic heterocycles. The third kappa shape index (κ3) is 4.93. The van der Waals surface area contributed by atoms with Gasteiger partial charge in [-0.2, -0.15) is 0 Å². The SMILES string of the molecule is Cc1ccc(C2(F)CCN(C(=O)c3ccc(C)c(NC(=O)N[C@H]4CCOC4)c3)CC2)cc1. The Hall–Kier alpha value is -2.93.